The van der Waals surface area contributed by atoms with Gasteiger partial charge in [-0.1, -0.05) is 42.5 Å². The summed E-state index contributed by atoms with van der Waals surface area (Å²) in [5, 5.41) is 1.66. The molecule has 26 heavy (non-hydrogen) atoms. The number of sulfonamides is 2. The fourth-order valence-corrected chi connectivity index (χ4v) is 4.68. The fourth-order valence-electron chi connectivity index (χ4n) is 2.53. The third kappa shape index (κ3) is 3.44. The van der Waals surface area contributed by atoms with Crippen LogP contribution < -0.4 is 4.72 Å². The molecule has 0 saturated heterocycles. The molecule has 136 valence electrons. The predicted molar refractivity (Wildman–Crippen MR) is 102 cm³/mol. The Hall–Kier alpha value is -2.42. The van der Waals surface area contributed by atoms with Crippen LogP contribution in [0.2, 0.25) is 0 Å². The number of hydrogen-bond acceptors (Lipinski definition) is 4. The van der Waals surface area contributed by atoms with Crippen LogP contribution in [0.15, 0.2) is 76.5 Å². The summed E-state index contributed by atoms with van der Waals surface area (Å²) in [6.07, 6.45) is 0. The minimum absolute atomic E-state index is 0.0803. The Morgan fingerprint density at radius 2 is 1.38 bits per heavy atom. The predicted octanol–water partition coefficient (Wildman–Crippen LogP) is 2.89. The first-order valence-electron chi connectivity index (χ1n) is 7.75. The summed E-state index contributed by atoms with van der Waals surface area (Å²) in [5.74, 6) is 0. The second-order valence-electron chi connectivity index (χ2n) is 5.89. The van der Waals surface area contributed by atoms with Crippen LogP contribution in [-0.2, 0) is 20.0 Å². The van der Waals surface area contributed by atoms with E-state index in [2.05, 4.69) is 4.72 Å². The summed E-state index contributed by atoms with van der Waals surface area (Å²) in [6, 6.07) is 18.0. The molecule has 0 amide bonds. The van der Waals surface area contributed by atoms with E-state index in [1.54, 1.807) is 12.1 Å². The molecule has 3 rings (SSSR count). The van der Waals surface area contributed by atoms with Crippen molar-refractivity contribution in [3.8, 4) is 0 Å². The van der Waals surface area contributed by atoms with Crippen molar-refractivity contribution in [3.05, 3.63) is 66.7 Å². The van der Waals surface area contributed by atoms with Crippen LogP contribution in [0.3, 0.4) is 0 Å². The summed E-state index contributed by atoms with van der Waals surface area (Å²) in [4.78, 5) is -0.198. The van der Waals surface area contributed by atoms with Crippen LogP contribution >= 0.6 is 0 Å². The lowest BCUT2D eigenvalue weighted by Gasteiger charge is -2.14. The molecule has 0 aromatic heterocycles. The van der Waals surface area contributed by atoms with E-state index in [0.29, 0.717) is 5.69 Å². The second-order valence-corrected chi connectivity index (χ2v) is 9.73. The minimum atomic E-state index is -3.95. The van der Waals surface area contributed by atoms with Gasteiger partial charge in [-0.2, -0.15) is 0 Å². The van der Waals surface area contributed by atoms with Gasteiger partial charge in [-0.25, -0.2) is 21.1 Å². The van der Waals surface area contributed by atoms with Crippen LogP contribution in [-0.4, -0.2) is 35.2 Å². The highest BCUT2D eigenvalue weighted by Gasteiger charge is 2.21. The van der Waals surface area contributed by atoms with Gasteiger partial charge in [0.15, 0.2) is 0 Å². The maximum Gasteiger partial charge on any atom is 0.261 e. The molecule has 0 fully saturated rings. The highest BCUT2D eigenvalue weighted by Crippen LogP contribution is 2.26. The van der Waals surface area contributed by atoms with E-state index >= 15 is 0 Å². The highest BCUT2D eigenvalue weighted by atomic mass is 32.2. The topological polar surface area (TPSA) is 83.6 Å². The molecule has 0 aliphatic carbocycles. The molecule has 3 aromatic carbocycles. The van der Waals surface area contributed by atoms with Gasteiger partial charge >= 0.3 is 0 Å². The first-order chi connectivity index (χ1) is 12.2. The van der Waals surface area contributed by atoms with E-state index in [4.69, 9.17) is 0 Å². The lowest BCUT2D eigenvalue weighted by atomic mass is 10.1. The zero-order valence-corrected chi connectivity index (χ0v) is 15.9. The SMILES string of the molecule is CN(C)S(=O)(=O)c1cccc(S(=O)(=O)Nc2cccc3ccccc23)c1. The molecule has 0 unspecified atom stereocenters. The van der Waals surface area contributed by atoms with Crippen LogP contribution in [0.1, 0.15) is 0 Å². The number of nitrogens with zero attached hydrogens (tertiary/aromatic N) is 1. The van der Waals surface area contributed by atoms with Crippen molar-refractivity contribution in [2.75, 3.05) is 18.8 Å². The monoisotopic (exact) mass is 390 g/mol. The number of benzene rings is 3. The molecule has 0 heterocycles. The van der Waals surface area contributed by atoms with Gasteiger partial charge in [-0.15, -0.1) is 0 Å². The van der Waals surface area contributed by atoms with Crippen molar-refractivity contribution >= 4 is 36.5 Å². The largest absolute Gasteiger partial charge is 0.279 e. The number of fused-ring (bicyclic) bond motifs is 1. The lowest BCUT2D eigenvalue weighted by molar-refractivity contribution is 0.520. The quantitative estimate of drug-likeness (QED) is 0.726. The van der Waals surface area contributed by atoms with E-state index in [-0.39, 0.29) is 9.79 Å². The first kappa shape index (κ1) is 18.4. The van der Waals surface area contributed by atoms with Gasteiger partial charge < -0.3 is 0 Å². The Balaban J connectivity index is 2.04. The van der Waals surface area contributed by atoms with Gasteiger partial charge in [0, 0.05) is 19.5 Å². The zero-order chi connectivity index (χ0) is 18.9. The van der Waals surface area contributed by atoms with Gasteiger partial charge in [0.2, 0.25) is 10.0 Å². The standard InChI is InChI=1S/C18H18N2O4S2/c1-20(2)26(23,24)16-10-6-9-15(13-16)25(21,22)19-18-12-5-8-14-7-3-4-11-17(14)18/h3-13,19H,1-2H3. The smallest absolute Gasteiger partial charge is 0.261 e. The van der Waals surface area contributed by atoms with Crippen molar-refractivity contribution in [1.82, 2.24) is 4.31 Å². The van der Waals surface area contributed by atoms with E-state index in [9.17, 15) is 16.8 Å². The molecule has 8 heteroatoms. The van der Waals surface area contributed by atoms with Gasteiger partial charge in [-0.05, 0) is 29.7 Å². The molecule has 0 aliphatic rings. The van der Waals surface area contributed by atoms with Crippen LogP contribution in [0.5, 0.6) is 0 Å². The van der Waals surface area contributed by atoms with Crippen LogP contribution in [0.4, 0.5) is 5.69 Å². The Morgan fingerprint density at radius 3 is 2.12 bits per heavy atom. The summed E-state index contributed by atoms with van der Waals surface area (Å²) in [7, 11) is -4.88. The van der Waals surface area contributed by atoms with Crippen molar-refractivity contribution in [3.63, 3.8) is 0 Å². The third-order valence-corrected chi connectivity index (χ3v) is 7.10. The van der Waals surface area contributed by atoms with E-state index < -0.39 is 20.0 Å². The molecule has 0 bridgehead atoms. The Morgan fingerprint density at radius 1 is 0.769 bits per heavy atom. The highest BCUT2D eigenvalue weighted by molar-refractivity contribution is 7.93. The summed E-state index contributed by atoms with van der Waals surface area (Å²) >= 11 is 0. The van der Waals surface area contributed by atoms with Crippen molar-refractivity contribution in [2.45, 2.75) is 9.79 Å². The molecule has 3 aromatic rings. The van der Waals surface area contributed by atoms with Crippen LogP contribution in [0, 0.1) is 0 Å². The normalized spacial score (nSPS) is 12.4. The number of rotatable bonds is 5. The molecular formula is C18H18N2O4S2. The Kier molecular flexibility index (Phi) is 4.74. The van der Waals surface area contributed by atoms with E-state index in [1.807, 2.05) is 30.3 Å². The van der Waals surface area contributed by atoms with Gasteiger partial charge in [0.25, 0.3) is 10.0 Å². The number of hydrogen-bond donors (Lipinski definition) is 1. The summed E-state index contributed by atoms with van der Waals surface area (Å²) in [5.41, 5.74) is 0.434. The molecule has 0 atom stereocenters. The minimum Gasteiger partial charge on any atom is -0.279 e. The Bertz CT molecular complexity index is 1170. The summed E-state index contributed by atoms with van der Waals surface area (Å²) in [6.45, 7) is 0. The first-order valence-corrected chi connectivity index (χ1v) is 10.7. The number of nitrogens with one attached hydrogen (secondary N) is 1. The van der Waals surface area contributed by atoms with Crippen LogP contribution in [0.25, 0.3) is 10.8 Å². The molecular weight excluding hydrogens is 372 g/mol. The molecule has 1 N–H and O–H groups in total. The average Bonchev–Trinajstić information content (AvgIpc) is 2.62. The molecule has 0 radical (unpaired) electrons. The molecule has 0 aliphatic heterocycles. The van der Waals surface area contributed by atoms with E-state index in [0.717, 1.165) is 21.1 Å². The van der Waals surface area contributed by atoms with Crippen molar-refractivity contribution < 1.29 is 16.8 Å². The van der Waals surface area contributed by atoms with E-state index in [1.165, 1.54) is 32.3 Å². The maximum absolute atomic E-state index is 12.8. The zero-order valence-electron chi connectivity index (χ0n) is 14.2. The third-order valence-electron chi connectivity index (χ3n) is 3.93. The molecule has 0 spiro atoms. The van der Waals surface area contributed by atoms with Crippen molar-refractivity contribution in [1.29, 1.82) is 0 Å². The maximum atomic E-state index is 12.8. The average molecular weight is 390 g/mol. The molecule has 6 nitrogen and oxygen atoms in total. The lowest BCUT2D eigenvalue weighted by Crippen LogP contribution is -2.22. The summed E-state index contributed by atoms with van der Waals surface area (Å²) < 4.78 is 53.6. The Labute approximate surface area is 153 Å². The molecule has 0 saturated carbocycles. The van der Waals surface area contributed by atoms with Gasteiger partial charge in [0.1, 0.15) is 0 Å². The fraction of sp³-hybridized carbons (Fsp3) is 0.111. The number of anilines is 1. The van der Waals surface area contributed by atoms with Crippen molar-refractivity contribution in [2.24, 2.45) is 0 Å². The van der Waals surface area contributed by atoms with Gasteiger partial charge in [-0.3, -0.25) is 4.72 Å². The second kappa shape index (κ2) is 6.71. The van der Waals surface area contributed by atoms with Gasteiger partial charge in [0.05, 0.1) is 15.5 Å².